The SMILES string of the molecule is CC[C@@H]1CC2=C/C(=N/O)CC[C@@H]2C2CC[C@@]3(CC)C(CC[C@@]34C=CC(=O)O4)C21. The van der Waals surface area contributed by atoms with E-state index in [0.717, 1.165) is 49.7 Å². The molecule has 5 aliphatic rings. The summed E-state index contributed by atoms with van der Waals surface area (Å²) in [6.45, 7) is 4.66. The largest absolute Gasteiger partial charge is 0.451 e. The first-order chi connectivity index (χ1) is 13.6. The maximum atomic E-state index is 12.0. The summed E-state index contributed by atoms with van der Waals surface area (Å²) in [7, 11) is 0. The van der Waals surface area contributed by atoms with Crippen molar-refractivity contribution in [1.82, 2.24) is 0 Å². The summed E-state index contributed by atoms with van der Waals surface area (Å²) in [5.41, 5.74) is 2.18. The Morgan fingerprint density at radius 2 is 2.11 bits per heavy atom. The summed E-state index contributed by atoms with van der Waals surface area (Å²) < 4.78 is 6.05. The molecule has 3 fully saturated rings. The molecule has 0 aromatic carbocycles. The second kappa shape index (κ2) is 6.47. The molecule has 0 radical (unpaired) electrons. The molecule has 1 aliphatic heterocycles. The molecule has 1 N–H and O–H groups in total. The average molecular weight is 384 g/mol. The number of ether oxygens (including phenoxy) is 1. The fourth-order valence-electron chi connectivity index (χ4n) is 8.34. The molecule has 28 heavy (non-hydrogen) atoms. The van der Waals surface area contributed by atoms with E-state index in [0.29, 0.717) is 17.8 Å². The molecule has 3 saturated carbocycles. The van der Waals surface area contributed by atoms with Crippen molar-refractivity contribution in [1.29, 1.82) is 0 Å². The van der Waals surface area contributed by atoms with Crippen molar-refractivity contribution in [2.75, 3.05) is 0 Å². The summed E-state index contributed by atoms with van der Waals surface area (Å²) in [5.74, 6) is 3.35. The average Bonchev–Trinajstić information content (AvgIpc) is 3.27. The zero-order chi connectivity index (χ0) is 19.5. The van der Waals surface area contributed by atoms with Gasteiger partial charge in [0.2, 0.25) is 0 Å². The van der Waals surface area contributed by atoms with Gasteiger partial charge in [-0.25, -0.2) is 4.79 Å². The summed E-state index contributed by atoms with van der Waals surface area (Å²) in [6, 6.07) is 0. The molecule has 3 unspecified atom stereocenters. The van der Waals surface area contributed by atoms with E-state index < -0.39 is 0 Å². The van der Waals surface area contributed by atoms with Crippen molar-refractivity contribution < 1.29 is 14.7 Å². The third-order valence-corrected chi connectivity index (χ3v) is 9.42. The molecule has 0 amide bonds. The molecule has 0 bridgehead atoms. The van der Waals surface area contributed by atoms with Crippen LogP contribution in [0.1, 0.15) is 71.6 Å². The fourth-order valence-corrected chi connectivity index (χ4v) is 8.34. The Morgan fingerprint density at radius 1 is 1.25 bits per heavy atom. The van der Waals surface area contributed by atoms with Crippen LogP contribution in [0.15, 0.2) is 29.0 Å². The van der Waals surface area contributed by atoms with E-state index in [9.17, 15) is 10.0 Å². The molecule has 0 aromatic rings. The van der Waals surface area contributed by atoms with Crippen molar-refractivity contribution in [2.24, 2.45) is 40.2 Å². The first-order valence-electron chi connectivity index (χ1n) is 11.4. The van der Waals surface area contributed by atoms with Crippen LogP contribution in [0.25, 0.3) is 0 Å². The summed E-state index contributed by atoms with van der Waals surface area (Å²) in [4.78, 5) is 12.0. The van der Waals surface area contributed by atoms with Gasteiger partial charge >= 0.3 is 5.97 Å². The Hall–Kier alpha value is -1.58. The van der Waals surface area contributed by atoms with Crippen molar-refractivity contribution in [3.63, 3.8) is 0 Å². The van der Waals surface area contributed by atoms with Crippen LogP contribution < -0.4 is 0 Å². The first kappa shape index (κ1) is 18.4. The van der Waals surface area contributed by atoms with E-state index in [1.165, 1.54) is 31.3 Å². The number of nitrogens with zero attached hydrogens (tertiary/aromatic N) is 1. The summed E-state index contributed by atoms with van der Waals surface area (Å²) in [5, 5.41) is 12.8. The van der Waals surface area contributed by atoms with Crippen LogP contribution in [0.3, 0.4) is 0 Å². The minimum Gasteiger partial charge on any atom is -0.451 e. The number of carbonyl (C=O) groups excluding carboxylic acids is 1. The van der Waals surface area contributed by atoms with E-state index >= 15 is 0 Å². The lowest BCUT2D eigenvalue weighted by Gasteiger charge is -2.58. The van der Waals surface area contributed by atoms with Gasteiger partial charge in [0.15, 0.2) is 0 Å². The molecular weight excluding hydrogens is 350 g/mol. The molecule has 4 nitrogen and oxygen atoms in total. The van der Waals surface area contributed by atoms with Crippen LogP contribution in [0.5, 0.6) is 0 Å². The second-order valence-electron chi connectivity index (χ2n) is 9.91. The van der Waals surface area contributed by atoms with Crippen molar-refractivity contribution >= 4 is 11.7 Å². The number of allylic oxidation sites excluding steroid dienone is 2. The van der Waals surface area contributed by atoms with Crippen molar-refractivity contribution in [3.05, 3.63) is 23.8 Å². The predicted octanol–water partition coefficient (Wildman–Crippen LogP) is 5.27. The van der Waals surface area contributed by atoms with Crippen LogP contribution in [0.2, 0.25) is 0 Å². The summed E-state index contributed by atoms with van der Waals surface area (Å²) >= 11 is 0. The molecule has 1 spiro atoms. The van der Waals surface area contributed by atoms with Gasteiger partial charge in [-0.05, 0) is 93.1 Å². The topological polar surface area (TPSA) is 58.9 Å². The van der Waals surface area contributed by atoms with Crippen LogP contribution in [0.4, 0.5) is 0 Å². The monoisotopic (exact) mass is 383 g/mol. The number of rotatable bonds is 2. The standard InChI is InChI=1S/C24H33NO3/c1-3-15-13-16-14-17(25-27)5-6-18(16)19-7-10-23(4-2)20(22(15)19)8-11-24(23)12-9-21(26)28-24/h9,12,14-15,18-20,22,27H,3-8,10-11,13H2,1-2H3/b25-17+/t15-,18+,19?,20?,22?,23+,24-/m1/s1. The van der Waals surface area contributed by atoms with Gasteiger partial charge in [0.1, 0.15) is 5.60 Å². The van der Waals surface area contributed by atoms with Gasteiger partial charge in [0.25, 0.3) is 0 Å². The highest BCUT2D eigenvalue weighted by atomic mass is 16.6. The summed E-state index contributed by atoms with van der Waals surface area (Å²) in [6.07, 6.45) is 16.1. The lowest BCUT2D eigenvalue weighted by Crippen LogP contribution is -2.55. The smallest absolute Gasteiger partial charge is 0.331 e. The van der Waals surface area contributed by atoms with Crippen molar-refractivity contribution in [3.8, 4) is 0 Å². The van der Waals surface area contributed by atoms with Gasteiger partial charge in [0.05, 0.1) is 5.71 Å². The Morgan fingerprint density at radius 3 is 2.79 bits per heavy atom. The van der Waals surface area contributed by atoms with Gasteiger partial charge in [-0.3, -0.25) is 0 Å². The Kier molecular flexibility index (Phi) is 4.26. The van der Waals surface area contributed by atoms with E-state index in [1.54, 1.807) is 6.08 Å². The zero-order valence-electron chi connectivity index (χ0n) is 17.2. The molecule has 7 atom stereocenters. The molecule has 0 aromatic heterocycles. The van der Waals surface area contributed by atoms with Crippen LogP contribution in [-0.4, -0.2) is 22.5 Å². The van der Waals surface area contributed by atoms with E-state index in [-0.39, 0.29) is 17.0 Å². The molecule has 4 heteroatoms. The third-order valence-electron chi connectivity index (χ3n) is 9.42. The van der Waals surface area contributed by atoms with Crippen LogP contribution in [0, 0.1) is 35.0 Å². The van der Waals surface area contributed by atoms with Crippen LogP contribution in [-0.2, 0) is 9.53 Å². The van der Waals surface area contributed by atoms with E-state index in [1.807, 2.05) is 0 Å². The van der Waals surface area contributed by atoms with E-state index in [2.05, 4.69) is 31.2 Å². The molecule has 152 valence electrons. The predicted molar refractivity (Wildman–Crippen MR) is 108 cm³/mol. The third kappa shape index (κ3) is 2.29. The van der Waals surface area contributed by atoms with Gasteiger partial charge < -0.3 is 9.94 Å². The minimum atomic E-state index is -0.341. The molecule has 1 heterocycles. The quantitative estimate of drug-likeness (QED) is 0.401. The second-order valence-corrected chi connectivity index (χ2v) is 9.91. The van der Waals surface area contributed by atoms with Crippen molar-refractivity contribution in [2.45, 2.75) is 77.2 Å². The Bertz CT molecular complexity index is 768. The number of fused-ring (bicyclic) bond motifs is 6. The molecular formula is C24H33NO3. The van der Waals surface area contributed by atoms with Gasteiger partial charge in [-0.15, -0.1) is 0 Å². The van der Waals surface area contributed by atoms with Gasteiger partial charge in [-0.1, -0.05) is 31.0 Å². The fraction of sp³-hybridized carbons (Fsp3) is 0.750. The number of esters is 1. The molecule has 5 rings (SSSR count). The number of hydrogen-bond acceptors (Lipinski definition) is 4. The highest BCUT2D eigenvalue weighted by Crippen LogP contribution is 2.69. The molecule has 4 aliphatic carbocycles. The van der Waals surface area contributed by atoms with E-state index in [4.69, 9.17) is 4.74 Å². The van der Waals surface area contributed by atoms with Gasteiger partial charge in [0, 0.05) is 11.5 Å². The van der Waals surface area contributed by atoms with Gasteiger partial charge in [-0.2, -0.15) is 0 Å². The lowest BCUT2D eigenvalue weighted by molar-refractivity contribution is -0.166. The highest BCUT2D eigenvalue weighted by Gasteiger charge is 2.67. The maximum absolute atomic E-state index is 12.0. The maximum Gasteiger partial charge on any atom is 0.331 e. The minimum absolute atomic E-state index is 0.123. The lowest BCUT2D eigenvalue weighted by atomic mass is 9.47. The Balaban J connectivity index is 1.53. The first-order valence-corrected chi connectivity index (χ1v) is 11.4. The Labute approximate surface area is 168 Å². The normalized spacial score (nSPS) is 48.2. The number of hydrogen-bond donors (Lipinski definition) is 1. The highest BCUT2D eigenvalue weighted by molar-refractivity contribution is 5.96. The number of oxime groups is 1. The zero-order valence-corrected chi connectivity index (χ0v) is 17.2. The number of carbonyl (C=O) groups is 1. The molecule has 0 saturated heterocycles. The van der Waals surface area contributed by atoms with Crippen LogP contribution >= 0.6 is 0 Å².